The van der Waals surface area contributed by atoms with Crippen LogP contribution in [-0.2, 0) is 6.61 Å². The normalized spacial score (nSPS) is 14.8. The summed E-state index contributed by atoms with van der Waals surface area (Å²) in [7, 11) is 0. The molecule has 1 aliphatic rings. The summed E-state index contributed by atoms with van der Waals surface area (Å²) in [6.45, 7) is 3.65. The van der Waals surface area contributed by atoms with Crippen molar-refractivity contribution in [3.8, 4) is 5.75 Å². The predicted octanol–water partition coefficient (Wildman–Crippen LogP) is 5.58. The number of para-hydroxylation sites is 2. The molecule has 1 fully saturated rings. The quantitative estimate of drug-likeness (QED) is 0.416. The Morgan fingerprint density at radius 3 is 2.66 bits per heavy atom. The summed E-state index contributed by atoms with van der Waals surface area (Å²) < 4.78 is 5.78. The van der Waals surface area contributed by atoms with Crippen LogP contribution in [0.15, 0.2) is 48.5 Å². The average Bonchev–Trinajstić information content (AvgIpc) is 3.42. The van der Waals surface area contributed by atoms with E-state index in [-0.39, 0.29) is 5.91 Å². The van der Waals surface area contributed by atoms with Crippen molar-refractivity contribution in [3.63, 3.8) is 0 Å². The molecule has 3 heterocycles. The lowest BCUT2D eigenvalue weighted by Gasteiger charge is -2.30. The highest BCUT2D eigenvalue weighted by atomic mass is 35.5. The molecule has 0 unspecified atom stereocenters. The number of halogens is 1. The van der Waals surface area contributed by atoms with Gasteiger partial charge in [0.15, 0.2) is 0 Å². The highest BCUT2D eigenvalue weighted by Gasteiger charge is 2.28. The van der Waals surface area contributed by atoms with Gasteiger partial charge in [0.25, 0.3) is 5.91 Å². The zero-order valence-electron chi connectivity index (χ0n) is 17.7. The predicted molar refractivity (Wildman–Crippen MR) is 127 cm³/mol. The van der Waals surface area contributed by atoms with E-state index in [0.29, 0.717) is 35.5 Å². The number of ether oxygens (including phenoxy) is 1. The first kappa shape index (κ1) is 21.0. The van der Waals surface area contributed by atoms with Gasteiger partial charge in [-0.25, -0.2) is 9.97 Å². The smallest absolute Gasteiger partial charge is 0.265 e. The van der Waals surface area contributed by atoms with Crippen LogP contribution >= 0.6 is 22.9 Å². The van der Waals surface area contributed by atoms with Crippen molar-refractivity contribution in [2.24, 2.45) is 0 Å². The first-order valence-electron chi connectivity index (χ1n) is 10.7. The number of carbonyl (C=O) groups excluding carboxylic acids is 1. The minimum atomic E-state index is 0.0563. The van der Waals surface area contributed by atoms with Gasteiger partial charge in [0.1, 0.15) is 28.1 Å². The minimum Gasteiger partial charge on any atom is -0.486 e. The summed E-state index contributed by atoms with van der Waals surface area (Å²) in [5.74, 6) is 2.15. The maximum atomic E-state index is 13.1. The summed E-state index contributed by atoms with van der Waals surface area (Å²) in [4.78, 5) is 28.5. The molecule has 0 aliphatic carbocycles. The van der Waals surface area contributed by atoms with Crippen LogP contribution in [0.1, 0.15) is 45.0 Å². The molecule has 8 heteroatoms. The molecule has 0 radical (unpaired) electrons. The van der Waals surface area contributed by atoms with Crippen LogP contribution in [0.25, 0.3) is 11.0 Å². The van der Waals surface area contributed by atoms with Crippen molar-refractivity contribution >= 4 is 39.9 Å². The molecule has 1 amide bonds. The number of piperidine rings is 1. The summed E-state index contributed by atoms with van der Waals surface area (Å²) in [6.07, 6.45) is 1.80. The fraction of sp³-hybridized carbons (Fsp3) is 0.292. The number of aryl methyl sites for hydroxylation is 1. The molecular weight excluding hydrogens is 444 g/mol. The van der Waals surface area contributed by atoms with Crippen LogP contribution in [0.4, 0.5) is 0 Å². The van der Waals surface area contributed by atoms with Crippen molar-refractivity contribution < 1.29 is 9.53 Å². The number of amides is 1. The fourth-order valence-corrected chi connectivity index (χ4v) is 5.13. The third-order valence-corrected chi connectivity index (χ3v) is 7.16. The molecule has 5 rings (SSSR count). The number of thiazole rings is 1. The average molecular weight is 467 g/mol. The van der Waals surface area contributed by atoms with E-state index in [1.165, 1.54) is 11.3 Å². The van der Waals surface area contributed by atoms with E-state index in [4.69, 9.17) is 21.3 Å². The lowest BCUT2D eigenvalue weighted by Crippen LogP contribution is -2.38. The number of nitrogens with one attached hydrogen (secondary N) is 1. The molecule has 6 nitrogen and oxygen atoms in total. The Morgan fingerprint density at radius 2 is 1.91 bits per heavy atom. The SMILES string of the molecule is Cc1nc(COc2ccc(Cl)cc2)sc1C(=O)N1CCC(c2nc3ccccc3[nH]2)CC1. The number of carbonyl (C=O) groups is 1. The summed E-state index contributed by atoms with van der Waals surface area (Å²) in [5, 5.41) is 1.46. The summed E-state index contributed by atoms with van der Waals surface area (Å²) in [6, 6.07) is 15.3. The summed E-state index contributed by atoms with van der Waals surface area (Å²) >= 11 is 7.32. The Bertz CT molecular complexity index is 1210. The van der Waals surface area contributed by atoms with E-state index >= 15 is 0 Å². The van der Waals surface area contributed by atoms with Gasteiger partial charge in [0.05, 0.1) is 16.7 Å². The molecule has 0 saturated carbocycles. The number of hydrogen-bond donors (Lipinski definition) is 1. The van der Waals surface area contributed by atoms with Crippen molar-refractivity contribution in [2.75, 3.05) is 13.1 Å². The molecule has 32 heavy (non-hydrogen) atoms. The number of nitrogens with zero attached hydrogens (tertiary/aromatic N) is 3. The molecule has 1 saturated heterocycles. The van der Waals surface area contributed by atoms with Crippen LogP contribution < -0.4 is 4.74 Å². The highest BCUT2D eigenvalue weighted by molar-refractivity contribution is 7.13. The molecular formula is C24H23ClN4O2S. The van der Waals surface area contributed by atoms with Gasteiger partial charge in [-0.2, -0.15) is 0 Å². The van der Waals surface area contributed by atoms with Crippen LogP contribution in [-0.4, -0.2) is 38.8 Å². The van der Waals surface area contributed by atoms with E-state index in [9.17, 15) is 4.79 Å². The van der Waals surface area contributed by atoms with Crippen molar-refractivity contribution in [1.82, 2.24) is 19.9 Å². The Morgan fingerprint density at radius 1 is 1.16 bits per heavy atom. The Kier molecular flexibility index (Phi) is 5.85. The molecule has 1 aliphatic heterocycles. The second-order valence-electron chi connectivity index (χ2n) is 7.97. The zero-order valence-corrected chi connectivity index (χ0v) is 19.2. The molecule has 4 aromatic rings. The molecule has 1 N–H and O–H groups in total. The molecule has 0 atom stereocenters. The third kappa shape index (κ3) is 4.36. The van der Waals surface area contributed by atoms with Crippen LogP contribution in [0.5, 0.6) is 5.75 Å². The Hall–Kier alpha value is -2.90. The highest BCUT2D eigenvalue weighted by Crippen LogP contribution is 2.30. The first-order valence-corrected chi connectivity index (χ1v) is 11.8. The number of fused-ring (bicyclic) bond motifs is 1. The van der Waals surface area contributed by atoms with E-state index in [1.54, 1.807) is 12.1 Å². The third-order valence-electron chi connectivity index (χ3n) is 5.79. The summed E-state index contributed by atoms with van der Waals surface area (Å²) in [5.41, 5.74) is 2.82. The van der Waals surface area contributed by atoms with Crippen LogP contribution in [0.3, 0.4) is 0 Å². The second kappa shape index (κ2) is 8.92. The van der Waals surface area contributed by atoms with Crippen molar-refractivity contribution in [3.05, 3.63) is 75.0 Å². The second-order valence-corrected chi connectivity index (χ2v) is 9.49. The van der Waals surface area contributed by atoms with E-state index < -0.39 is 0 Å². The van der Waals surface area contributed by atoms with E-state index in [0.717, 1.165) is 46.2 Å². The number of hydrogen-bond acceptors (Lipinski definition) is 5. The van der Waals surface area contributed by atoms with Crippen LogP contribution in [0.2, 0.25) is 5.02 Å². The van der Waals surface area contributed by atoms with Gasteiger partial charge in [0, 0.05) is 24.0 Å². The van der Waals surface area contributed by atoms with Gasteiger partial charge >= 0.3 is 0 Å². The number of likely N-dealkylation sites (tertiary alicyclic amines) is 1. The van der Waals surface area contributed by atoms with Crippen molar-refractivity contribution in [2.45, 2.75) is 32.3 Å². The number of aromatic nitrogens is 3. The molecule has 0 bridgehead atoms. The van der Waals surface area contributed by atoms with Crippen LogP contribution in [0, 0.1) is 6.92 Å². The largest absolute Gasteiger partial charge is 0.486 e. The van der Waals surface area contributed by atoms with Gasteiger partial charge in [-0.3, -0.25) is 4.79 Å². The van der Waals surface area contributed by atoms with E-state index in [1.807, 2.05) is 48.2 Å². The zero-order chi connectivity index (χ0) is 22.1. The Balaban J connectivity index is 1.20. The van der Waals surface area contributed by atoms with Gasteiger partial charge < -0.3 is 14.6 Å². The number of aromatic amines is 1. The molecule has 0 spiro atoms. The number of rotatable bonds is 5. The van der Waals surface area contributed by atoms with Gasteiger partial charge in [0.2, 0.25) is 0 Å². The lowest BCUT2D eigenvalue weighted by molar-refractivity contribution is 0.0715. The first-order chi connectivity index (χ1) is 15.6. The maximum Gasteiger partial charge on any atom is 0.265 e. The monoisotopic (exact) mass is 466 g/mol. The number of imidazole rings is 1. The molecule has 2 aromatic heterocycles. The Labute approximate surface area is 195 Å². The van der Waals surface area contributed by atoms with Gasteiger partial charge in [-0.05, 0) is 56.2 Å². The number of benzene rings is 2. The van der Waals surface area contributed by atoms with E-state index in [2.05, 4.69) is 9.97 Å². The van der Waals surface area contributed by atoms with Gasteiger partial charge in [-0.1, -0.05) is 23.7 Å². The van der Waals surface area contributed by atoms with Gasteiger partial charge in [-0.15, -0.1) is 11.3 Å². The lowest BCUT2D eigenvalue weighted by atomic mass is 9.96. The fourth-order valence-electron chi connectivity index (χ4n) is 4.05. The maximum absolute atomic E-state index is 13.1. The molecule has 2 aromatic carbocycles. The minimum absolute atomic E-state index is 0.0563. The van der Waals surface area contributed by atoms with Crippen molar-refractivity contribution in [1.29, 1.82) is 0 Å². The molecule has 164 valence electrons. The number of H-pyrrole nitrogens is 1. The topological polar surface area (TPSA) is 71.1 Å². The standard InChI is InChI=1S/C24H23ClN4O2S/c1-15-22(32-21(26-15)14-31-18-8-6-17(25)7-9-18)24(30)29-12-10-16(11-13-29)23-27-19-4-2-3-5-20(19)28-23/h2-9,16H,10-14H2,1H3,(H,27,28).